The van der Waals surface area contributed by atoms with Crippen LogP contribution in [0.25, 0.3) is 10.9 Å². The SMILES string of the molecule is CC(C)(C)OC(=O)n1cc([C@@H](N)c2ccccc2CCO[Si](C)(C)C(C)(C)C)c2ccccc21. The zero-order chi connectivity index (χ0) is 25.3. The lowest BCUT2D eigenvalue weighted by Crippen LogP contribution is -2.41. The first-order valence-corrected chi connectivity index (χ1v) is 14.9. The van der Waals surface area contributed by atoms with E-state index in [1.807, 2.05) is 63.4 Å². The van der Waals surface area contributed by atoms with Crippen molar-refractivity contribution < 1.29 is 14.0 Å². The van der Waals surface area contributed by atoms with Gasteiger partial charge in [-0.1, -0.05) is 63.2 Å². The number of rotatable bonds is 6. The zero-order valence-corrected chi connectivity index (χ0v) is 22.9. The molecule has 2 N–H and O–H groups in total. The number of carbonyl (C=O) groups excluding carboxylic acids is 1. The van der Waals surface area contributed by atoms with Crippen LogP contribution in [0.4, 0.5) is 4.79 Å². The largest absolute Gasteiger partial charge is 0.443 e. The zero-order valence-electron chi connectivity index (χ0n) is 21.9. The van der Waals surface area contributed by atoms with Crippen molar-refractivity contribution >= 4 is 25.3 Å². The number of benzene rings is 2. The first kappa shape index (κ1) is 26.2. The van der Waals surface area contributed by atoms with E-state index < -0.39 is 20.0 Å². The Morgan fingerprint density at radius 2 is 1.59 bits per heavy atom. The molecule has 0 unspecified atom stereocenters. The fourth-order valence-electron chi connectivity index (χ4n) is 3.78. The standard InChI is InChI=1S/C28H40N2O3Si/c1-27(2,3)33-26(31)30-19-23(22-15-11-12-16-24(22)30)25(29)21-14-10-9-13-20(21)17-18-32-34(7,8)28(4,5)6/h9-16,19,25H,17-18,29H2,1-8H3/t25-/m0/s1. The van der Waals surface area contributed by atoms with Gasteiger partial charge in [0.2, 0.25) is 0 Å². The number of hydrogen-bond donors (Lipinski definition) is 1. The van der Waals surface area contributed by atoms with Crippen LogP contribution in [0.3, 0.4) is 0 Å². The summed E-state index contributed by atoms with van der Waals surface area (Å²) in [5.41, 5.74) is 10.2. The van der Waals surface area contributed by atoms with Crippen LogP contribution in [0.1, 0.15) is 64.3 Å². The van der Waals surface area contributed by atoms with Crippen LogP contribution >= 0.6 is 0 Å². The van der Waals surface area contributed by atoms with Gasteiger partial charge in [-0.3, -0.25) is 4.57 Å². The van der Waals surface area contributed by atoms with E-state index in [4.69, 9.17) is 14.9 Å². The van der Waals surface area contributed by atoms with Gasteiger partial charge in [-0.2, -0.15) is 0 Å². The summed E-state index contributed by atoms with van der Waals surface area (Å²) in [4.78, 5) is 12.9. The Labute approximate surface area is 205 Å². The molecule has 0 radical (unpaired) electrons. The van der Waals surface area contributed by atoms with E-state index in [2.05, 4.69) is 46.0 Å². The summed E-state index contributed by atoms with van der Waals surface area (Å²) < 4.78 is 13.6. The van der Waals surface area contributed by atoms with Crippen molar-refractivity contribution in [1.29, 1.82) is 0 Å². The average molecular weight is 481 g/mol. The molecule has 5 nitrogen and oxygen atoms in total. The normalized spacial score (nSPS) is 13.8. The molecule has 34 heavy (non-hydrogen) atoms. The molecular weight excluding hydrogens is 440 g/mol. The summed E-state index contributed by atoms with van der Waals surface area (Å²) in [5.74, 6) is 0. The van der Waals surface area contributed by atoms with Crippen molar-refractivity contribution in [3.63, 3.8) is 0 Å². The average Bonchev–Trinajstić information content (AvgIpc) is 3.11. The van der Waals surface area contributed by atoms with Gasteiger partial charge in [-0.25, -0.2) is 4.79 Å². The van der Waals surface area contributed by atoms with E-state index in [1.54, 1.807) is 4.57 Å². The monoisotopic (exact) mass is 480 g/mol. The predicted molar refractivity (Wildman–Crippen MR) is 143 cm³/mol. The van der Waals surface area contributed by atoms with Gasteiger partial charge in [-0.15, -0.1) is 0 Å². The molecule has 0 aliphatic carbocycles. The lowest BCUT2D eigenvalue weighted by atomic mass is 9.93. The van der Waals surface area contributed by atoms with E-state index in [0.717, 1.165) is 28.5 Å². The highest BCUT2D eigenvalue weighted by Crippen LogP contribution is 2.37. The van der Waals surface area contributed by atoms with Gasteiger partial charge in [0.25, 0.3) is 0 Å². The van der Waals surface area contributed by atoms with E-state index in [0.29, 0.717) is 6.61 Å². The maximum atomic E-state index is 12.9. The van der Waals surface area contributed by atoms with E-state index in [9.17, 15) is 4.79 Å². The third-order valence-electron chi connectivity index (χ3n) is 6.70. The van der Waals surface area contributed by atoms with Gasteiger partial charge in [0.05, 0.1) is 11.6 Å². The second-order valence-electron chi connectivity index (χ2n) is 11.5. The quantitative estimate of drug-likeness (QED) is 0.384. The molecule has 0 aliphatic heterocycles. The van der Waals surface area contributed by atoms with Crippen LogP contribution in [-0.2, 0) is 15.6 Å². The number of carbonyl (C=O) groups is 1. The summed E-state index contributed by atoms with van der Waals surface area (Å²) in [6, 6.07) is 15.7. The van der Waals surface area contributed by atoms with Crippen molar-refractivity contribution in [2.45, 2.75) is 77.7 Å². The maximum absolute atomic E-state index is 12.9. The minimum atomic E-state index is -1.82. The predicted octanol–water partition coefficient (Wildman–Crippen LogP) is 7.04. The Morgan fingerprint density at radius 3 is 2.24 bits per heavy atom. The van der Waals surface area contributed by atoms with Crippen LogP contribution in [0.2, 0.25) is 18.1 Å². The Morgan fingerprint density at radius 1 is 0.971 bits per heavy atom. The molecule has 1 atom stereocenters. The number of aromatic nitrogens is 1. The van der Waals surface area contributed by atoms with Gasteiger partial charge in [-0.05, 0) is 68.1 Å². The van der Waals surface area contributed by atoms with Crippen molar-refractivity contribution in [1.82, 2.24) is 4.57 Å². The Hall–Kier alpha value is -2.41. The van der Waals surface area contributed by atoms with Crippen LogP contribution in [0.5, 0.6) is 0 Å². The molecular formula is C28H40N2O3Si. The van der Waals surface area contributed by atoms with E-state index in [1.165, 1.54) is 5.56 Å². The van der Waals surface area contributed by atoms with Crippen LogP contribution < -0.4 is 5.73 Å². The first-order chi connectivity index (χ1) is 15.7. The maximum Gasteiger partial charge on any atom is 0.419 e. The Balaban J connectivity index is 1.92. The van der Waals surface area contributed by atoms with Crippen molar-refractivity contribution in [2.75, 3.05) is 6.61 Å². The minimum absolute atomic E-state index is 0.173. The van der Waals surface area contributed by atoms with Crippen molar-refractivity contribution in [3.8, 4) is 0 Å². The smallest absolute Gasteiger partial charge is 0.419 e. The van der Waals surface area contributed by atoms with Gasteiger partial charge >= 0.3 is 6.09 Å². The number of fused-ring (bicyclic) bond motifs is 1. The highest BCUT2D eigenvalue weighted by Gasteiger charge is 2.37. The molecule has 6 heteroatoms. The topological polar surface area (TPSA) is 66.5 Å². The molecule has 0 aliphatic rings. The number of ether oxygens (including phenoxy) is 1. The molecule has 2 aromatic carbocycles. The molecule has 0 amide bonds. The number of para-hydroxylation sites is 1. The van der Waals surface area contributed by atoms with Crippen LogP contribution in [-0.4, -0.2) is 31.2 Å². The van der Waals surface area contributed by atoms with E-state index >= 15 is 0 Å². The summed E-state index contributed by atoms with van der Waals surface area (Å²) in [5, 5.41) is 1.13. The van der Waals surface area contributed by atoms with Gasteiger partial charge < -0.3 is 14.9 Å². The lowest BCUT2D eigenvalue weighted by Gasteiger charge is -2.36. The van der Waals surface area contributed by atoms with Crippen LogP contribution in [0, 0.1) is 0 Å². The van der Waals surface area contributed by atoms with Crippen molar-refractivity contribution in [3.05, 3.63) is 71.4 Å². The van der Waals surface area contributed by atoms with Gasteiger partial charge in [0, 0.05) is 18.2 Å². The fourth-order valence-corrected chi connectivity index (χ4v) is 4.83. The minimum Gasteiger partial charge on any atom is -0.443 e. The summed E-state index contributed by atoms with van der Waals surface area (Å²) >= 11 is 0. The molecule has 1 aromatic heterocycles. The summed E-state index contributed by atoms with van der Waals surface area (Å²) in [6.45, 7) is 17.6. The molecule has 0 spiro atoms. The first-order valence-electron chi connectivity index (χ1n) is 12.0. The summed E-state index contributed by atoms with van der Waals surface area (Å²) in [7, 11) is -1.82. The van der Waals surface area contributed by atoms with E-state index in [-0.39, 0.29) is 11.1 Å². The fraction of sp³-hybridized carbons (Fsp3) is 0.464. The molecule has 0 saturated carbocycles. The number of nitrogens with two attached hydrogens (primary N) is 1. The van der Waals surface area contributed by atoms with Gasteiger partial charge in [0.1, 0.15) is 5.60 Å². The van der Waals surface area contributed by atoms with Gasteiger partial charge in [0.15, 0.2) is 8.32 Å². The molecule has 0 fully saturated rings. The third-order valence-corrected chi connectivity index (χ3v) is 11.2. The van der Waals surface area contributed by atoms with Crippen molar-refractivity contribution in [2.24, 2.45) is 5.73 Å². The molecule has 1 heterocycles. The molecule has 184 valence electrons. The lowest BCUT2D eigenvalue weighted by molar-refractivity contribution is 0.0544. The van der Waals surface area contributed by atoms with Crippen LogP contribution in [0.15, 0.2) is 54.7 Å². The number of hydrogen-bond acceptors (Lipinski definition) is 4. The Kier molecular flexibility index (Phi) is 7.46. The molecule has 0 bridgehead atoms. The molecule has 3 rings (SSSR count). The molecule has 3 aromatic rings. The molecule has 0 saturated heterocycles. The highest BCUT2D eigenvalue weighted by molar-refractivity contribution is 6.74. The summed E-state index contributed by atoms with van der Waals surface area (Å²) in [6.07, 6.45) is 2.21. The Bertz CT molecular complexity index is 1150. The second kappa shape index (κ2) is 9.68. The highest BCUT2D eigenvalue weighted by atomic mass is 28.4. The number of nitrogens with zero attached hydrogens (tertiary/aromatic N) is 1. The second-order valence-corrected chi connectivity index (χ2v) is 16.3. The third kappa shape index (κ3) is 5.80.